The van der Waals surface area contributed by atoms with E-state index >= 15 is 0 Å². The van der Waals surface area contributed by atoms with Crippen molar-refractivity contribution < 1.29 is 14.0 Å². The minimum absolute atomic E-state index is 0.248. The SMILES string of the molecule is Cc1csc(CNC(=O)NCCNC(=O)c2ccc(C)c(F)c2)n1. The lowest BCUT2D eigenvalue weighted by atomic mass is 10.1. The van der Waals surface area contributed by atoms with Crippen LogP contribution >= 0.6 is 11.3 Å². The third-order valence-corrected chi connectivity index (χ3v) is 4.16. The van der Waals surface area contributed by atoms with Crippen LogP contribution in [0.15, 0.2) is 23.6 Å². The number of amides is 3. The highest BCUT2D eigenvalue weighted by atomic mass is 32.1. The number of benzene rings is 1. The van der Waals surface area contributed by atoms with Gasteiger partial charge in [-0.3, -0.25) is 4.79 Å². The number of aromatic nitrogens is 1. The van der Waals surface area contributed by atoms with E-state index in [9.17, 15) is 14.0 Å². The van der Waals surface area contributed by atoms with Crippen molar-refractivity contribution in [3.63, 3.8) is 0 Å². The third-order valence-electron chi connectivity index (χ3n) is 3.20. The maximum Gasteiger partial charge on any atom is 0.315 e. The molecule has 2 rings (SSSR count). The summed E-state index contributed by atoms with van der Waals surface area (Å²) in [6, 6.07) is 3.97. The summed E-state index contributed by atoms with van der Waals surface area (Å²) in [6.07, 6.45) is 0. The summed E-state index contributed by atoms with van der Waals surface area (Å²) in [5, 5.41) is 10.7. The summed E-state index contributed by atoms with van der Waals surface area (Å²) in [7, 11) is 0. The maximum absolute atomic E-state index is 13.4. The van der Waals surface area contributed by atoms with Crippen LogP contribution in [0.2, 0.25) is 0 Å². The number of hydrogen-bond donors (Lipinski definition) is 3. The molecule has 0 atom stereocenters. The molecule has 0 aliphatic rings. The van der Waals surface area contributed by atoms with Gasteiger partial charge < -0.3 is 16.0 Å². The van der Waals surface area contributed by atoms with Gasteiger partial charge in [-0.05, 0) is 31.5 Å². The largest absolute Gasteiger partial charge is 0.350 e. The van der Waals surface area contributed by atoms with E-state index in [-0.39, 0.29) is 30.6 Å². The second-order valence-electron chi connectivity index (χ2n) is 5.21. The van der Waals surface area contributed by atoms with E-state index in [4.69, 9.17) is 0 Å². The molecule has 1 aromatic heterocycles. The molecule has 1 aromatic carbocycles. The molecular formula is C16H19FN4O2S. The predicted molar refractivity (Wildman–Crippen MR) is 90.6 cm³/mol. The lowest BCUT2D eigenvalue weighted by molar-refractivity contribution is 0.0953. The molecule has 1 heterocycles. The topological polar surface area (TPSA) is 83.1 Å². The van der Waals surface area contributed by atoms with Gasteiger partial charge in [-0.2, -0.15) is 0 Å². The zero-order valence-corrected chi connectivity index (χ0v) is 14.3. The highest BCUT2D eigenvalue weighted by molar-refractivity contribution is 7.09. The molecule has 3 amide bonds. The molecule has 3 N–H and O–H groups in total. The molecule has 0 spiro atoms. The lowest BCUT2D eigenvalue weighted by Crippen LogP contribution is -2.40. The number of carbonyl (C=O) groups is 2. The zero-order chi connectivity index (χ0) is 17.5. The summed E-state index contributed by atoms with van der Waals surface area (Å²) >= 11 is 1.48. The summed E-state index contributed by atoms with van der Waals surface area (Å²) in [4.78, 5) is 27.7. The first-order valence-electron chi connectivity index (χ1n) is 7.43. The van der Waals surface area contributed by atoms with E-state index in [0.29, 0.717) is 12.1 Å². The molecule has 8 heteroatoms. The number of halogens is 1. The zero-order valence-electron chi connectivity index (χ0n) is 13.5. The minimum atomic E-state index is -0.419. The average molecular weight is 350 g/mol. The van der Waals surface area contributed by atoms with Crippen LogP contribution in [0.4, 0.5) is 9.18 Å². The number of hydrogen-bond acceptors (Lipinski definition) is 4. The fraction of sp³-hybridized carbons (Fsp3) is 0.312. The van der Waals surface area contributed by atoms with Crippen molar-refractivity contribution >= 4 is 23.3 Å². The second kappa shape index (κ2) is 8.39. The van der Waals surface area contributed by atoms with E-state index in [2.05, 4.69) is 20.9 Å². The number of thiazole rings is 1. The van der Waals surface area contributed by atoms with Gasteiger partial charge in [0.25, 0.3) is 5.91 Å². The fourth-order valence-electron chi connectivity index (χ4n) is 1.89. The quantitative estimate of drug-likeness (QED) is 0.698. The van der Waals surface area contributed by atoms with Crippen molar-refractivity contribution in [1.82, 2.24) is 20.9 Å². The van der Waals surface area contributed by atoms with Gasteiger partial charge in [0, 0.05) is 29.7 Å². The van der Waals surface area contributed by atoms with E-state index < -0.39 is 5.82 Å². The van der Waals surface area contributed by atoms with Crippen molar-refractivity contribution in [2.75, 3.05) is 13.1 Å². The van der Waals surface area contributed by atoms with Crippen LogP contribution in [-0.4, -0.2) is 30.0 Å². The van der Waals surface area contributed by atoms with Crippen molar-refractivity contribution in [3.05, 3.63) is 51.2 Å². The first-order valence-corrected chi connectivity index (χ1v) is 8.30. The van der Waals surface area contributed by atoms with Crippen molar-refractivity contribution in [3.8, 4) is 0 Å². The van der Waals surface area contributed by atoms with Crippen LogP contribution in [0.1, 0.15) is 26.6 Å². The predicted octanol–water partition coefficient (Wildman–Crippen LogP) is 2.13. The Bertz CT molecular complexity index is 733. The van der Waals surface area contributed by atoms with Crippen LogP contribution in [0.3, 0.4) is 0 Å². The fourth-order valence-corrected chi connectivity index (χ4v) is 2.60. The van der Waals surface area contributed by atoms with Crippen LogP contribution in [0.5, 0.6) is 0 Å². The number of rotatable bonds is 6. The van der Waals surface area contributed by atoms with E-state index in [0.717, 1.165) is 10.7 Å². The van der Waals surface area contributed by atoms with Crippen molar-refractivity contribution in [1.29, 1.82) is 0 Å². The average Bonchev–Trinajstić information content (AvgIpc) is 2.97. The molecule has 24 heavy (non-hydrogen) atoms. The lowest BCUT2D eigenvalue weighted by Gasteiger charge is -2.08. The van der Waals surface area contributed by atoms with Gasteiger partial charge in [0.1, 0.15) is 10.8 Å². The number of urea groups is 1. The number of carbonyl (C=O) groups excluding carboxylic acids is 2. The van der Waals surface area contributed by atoms with Gasteiger partial charge in [-0.1, -0.05) is 6.07 Å². The van der Waals surface area contributed by atoms with E-state index in [1.165, 1.54) is 17.4 Å². The number of aryl methyl sites for hydroxylation is 2. The number of nitrogens with one attached hydrogen (secondary N) is 3. The van der Waals surface area contributed by atoms with Crippen LogP contribution < -0.4 is 16.0 Å². The Morgan fingerprint density at radius 1 is 1.17 bits per heavy atom. The first kappa shape index (κ1) is 17.9. The van der Waals surface area contributed by atoms with Gasteiger partial charge in [-0.15, -0.1) is 11.3 Å². The Morgan fingerprint density at radius 2 is 1.92 bits per heavy atom. The van der Waals surface area contributed by atoms with Crippen molar-refractivity contribution in [2.45, 2.75) is 20.4 Å². The molecule has 0 saturated carbocycles. The molecule has 0 aliphatic heterocycles. The molecule has 2 aromatic rings. The molecule has 0 radical (unpaired) electrons. The number of nitrogens with zero attached hydrogens (tertiary/aromatic N) is 1. The van der Waals surface area contributed by atoms with Crippen LogP contribution in [0, 0.1) is 19.7 Å². The Balaban J connectivity index is 1.65. The second-order valence-corrected chi connectivity index (χ2v) is 6.15. The van der Waals surface area contributed by atoms with E-state index in [1.54, 1.807) is 19.1 Å². The third kappa shape index (κ3) is 5.31. The molecule has 0 unspecified atom stereocenters. The van der Waals surface area contributed by atoms with Crippen LogP contribution in [-0.2, 0) is 6.54 Å². The summed E-state index contributed by atoms with van der Waals surface area (Å²) < 4.78 is 13.4. The standard InChI is InChI=1S/C16H19FN4O2S/c1-10-3-4-12(7-13(10)17)15(22)18-5-6-19-16(23)20-8-14-21-11(2)9-24-14/h3-4,7,9H,5-6,8H2,1-2H3,(H,18,22)(H2,19,20,23). The molecule has 128 valence electrons. The molecule has 6 nitrogen and oxygen atoms in total. The Hall–Kier alpha value is -2.48. The molecule has 0 fully saturated rings. The summed E-state index contributed by atoms with van der Waals surface area (Å²) in [5.41, 5.74) is 1.66. The first-order chi connectivity index (χ1) is 11.5. The maximum atomic E-state index is 13.4. The van der Waals surface area contributed by atoms with Gasteiger partial charge in [0.05, 0.1) is 6.54 Å². The highest BCUT2D eigenvalue weighted by Gasteiger charge is 2.08. The monoisotopic (exact) mass is 350 g/mol. The van der Waals surface area contributed by atoms with Gasteiger partial charge in [0.15, 0.2) is 0 Å². The summed E-state index contributed by atoms with van der Waals surface area (Å²) in [5.74, 6) is -0.799. The highest BCUT2D eigenvalue weighted by Crippen LogP contribution is 2.09. The smallest absolute Gasteiger partial charge is 0.315 e. The molecule has 0 saturated heterocycles. The van der Waals surface area contributed by atoms with Gasteiger partial charge in [-0.25, -0.2) is 14.2 Å². The van der Waals surface area contributed by atoms with Crippen molar-refractivity contribution in [2.24, 2.45) is 0 Å². The Kier molecular flexibility index (Phi) is 6.25. The molecule has 0 aliphatic carbocycles. The Morgan fingerprint density at radius 3 is 2.58 bits per heavy atom. The van der Waals surface area contributed by atoms with Gasteiger partial charge >= 0.3 is 6.03 Å². The molecular weight excluding hydrogens is 331 g/mol. The van der Waals surface area contributed by atoms with Crippen LogP contribution in [0.25, 0.3) is 0 Å². The summed E-state index contributed by atoms with van der Waals surface area (Å²) in [6.45, 7) is 4.40. The minimum Gasteiger partial charge on any atom is -0.350 e. The van der Waals surface area contributed by atoms with Gasteiger partial charge in [0.2, 0.25) is 0 Å². The Labute approximate surface area is 143 Å². The van der Waals surface area contributed by atoms with E-state index in [1.807, 2.05) is 12.3 Å². The molecule has 0 bridgehead atoms. The normalized spacial score (nSPS) is 10.3.